The van der Waals surface area contributed by atoms with Gasteiger partial charge in [-0.3, -0.25) is 9.69 Å². The second kappa shape index (κ2) is 10.8. The van der Waals surface area contributed by atoms with E-state index in [0.717, 1.165) is 29.9 Å². The number of hydrogen-bond donors (Lipinski definition) is 1. The Bertz CT molecular complexity index is 1300. The molecule has 0 saturated heterocycles. The molecule has 0 radical (unpaired) electrons. The van der Waals surface area contributed by atoms with Gasteiger partial charge >= 0.3 is 12.1 Å². The lowest BCUT2D eigenvalue weighted by Gasteiger charge is -2.29. The molecule has 0 saturated carbocycles. The molecule has 0 fully saturated rings. The van der Waals surface area contributed by atoms with E-state index in [0.29, 0.717) is 30.6 Å². The first kappa shape index (κ1) is 26.5. The monoisotopic (exact) mass is 517 g/mol. The van der Waals surface area contributed by atoms with Gasteiger partial charge in [-0.15, -0.1) is 0 Å². The number of aryl methyl sites for hydroxylation is 1. The largest absolute Gasteiger partial charge is 0.489 e. The number of carboxylic acids is 1. The molecule has 4 rings (SSSR count). The van der Waals surface area contributed by atoms with Crippen molar-refractivity contribution in [1.29, 1.82) is 0 Å². The summed E-state index contributed by atoms with van der Waals surface area (Å²) in [6.45, 7) is 5.43. The highest BCUT2D eigenvalue weighted by atomic mass is 19.4. The first-order valence-corrected chi connectivity index (χ1v) is 11.9. The van der Waals surface area contributed by atoms with Crippen LogP contribution in [0.15, 0.2) is 42.6 Å². The molecule has 2 aromatic carbocycles. The third kappa shape index (κ3) is 6.62. The SMILES string of the molecule is Cc1ccc(C(F)(F)F)cc1COc1ccc(-c2ncc3c(n2)CCN(CC(C)CC(=O)O)C3)c(F)c1. The van der Waals surface area contributed by atoms with Crippen molar-refractivity contribution < 1.29 is 32.2 Å². The Morgan fingerprint density at radius 2 is 2.00 bits per heavy atom. The summed E-state index contributed by atoms with van der Waals surface area (Å²) < 4.78 is 59.6. The van der Waals surface area contributed by atoms with Crippen molar-refractivity contribution in [2.24, 2.45) is 5.92 Å². The lowest BCUT2D eigenvalue weighted by Crippen LogP contribution is -2.35. The van der Waals surface area contributed by atoms with Gasteiger partial charge < -0.3 is 9.84 Å². The van der Waals surface area contributed by atoms with E-state index in [1.165, 1.54) is 24.3 Å². The number of aromatic nitrogens is 2. The van der Waals surface area contributed by atoms with Crippen LogP contribution in [0.25, 0.3) is 11.4 Å². The quantitative estimate of drug-likeness (QED) is 0.389. The molecule has 1 N–H and O–H groups in total. The first-order valence-electron chi connectivity index (χ1n) is 11.9. The van der Waals surface area contributed by atoms with Crippen molar-refractivity contribution >= 4 is 5.97 Å². The summed E-state index contributed by atoms with van der Waals surface area (Å²) in [4.78, 5) is 22.0. The van der Waals surface area contributed by atoms with Gasteiger partial charge in [0.1, 0.15) is 18.2 Å². The minimum absolute atomic E-state index is 0.0200. The number of benzene rings is 2. The number of nitrogens with zero attached hydrogens (tertiary/aromatic N) is 3. The smallest absolute Gasteiger partial charge is 0.416 e. The van der Waals surface area contributed by atoms with Gasteiger partial charge in [-0.05, 0) is 48.2 Å². The zero-order valence-corrected chi connectivity index (χ0v) is 20.5. The lowest BCUT2D eigenvalue weighted by atomic mass is 10.0. The fraction of sp³-hybridized carbons (Fsp3) is 0.370. The van der Waals surface area contributed by atoms with Crippen molar-refractivity contribution in [3.8, 4) is 17.1 Å². The normalized spacial score (nSPS) is 14.8. The molecule has 1 aromatic heterocycles. The van der Waals surface area contributed by atoms with Gasteiger partial charge in [-0.1, -0.05) is 13.0 Å². The molecule has 0 amide bonds. The maximum Gasteiger partial charge on any atom is 0.416 e. The Hall–Kier alpha value is -3.53. The molecule has 2 heterocycles. The highest BCUT2D eigenvalue weighted by Gasteiger charge is 2.30. The summed E-state index contributed by atoms with van der Waals surface area (Å²) in [5.41, 5.74) is 2.19. The van der Waals surface area contributed by atoms with E-state index in [2.05, 4.69) is 14.9 Å². The van der Waals surface area contributed by atoms with Crippen LogP contribution >= 0.6 is 0 Å². The molecule has 3 aromatic rings. The molecule has 1 aliphatic rings. The number of alkyl halides is 3. The number of carbonyl (C=O) groups is 1. The van der Waals surface area contributed by atoms with Gasteiger partial charge in [-0.25, -0.2) is 14.4 Å². The predicted octanol–water partition coefficient (Wildman–Crippen LogP) is 5.66. The average Bonchev–Trinajstić information content (AvgIpc) is 2.82. The van der Waals surface area contributed by atoms with Gasteiger partial charge in [0.05, 0.1) is 16.8 Å². The Labute approximate surface area is 211 Å². The molecule has 0 aliphatic carbocycles. The zero-order valence-electron chi connectivity index (χ0n) is 20.5. The fourth-order valence-corrected chi connectivity index (χ4v) is 4.39. The number of ether oxygens (including phenoxy) is 1. The zero-order chi connectivity index (χ0) is 26.7. The van der Waals surface area contributed by atoms with Crippen molar-refractivity contribution in [3.63, 3.8) is 0 Å². The fourth-order valence-electron chi connectivity index (χ4n) is 4.39. The molecule has 0 bridgehead atoms. The maximum absolute atomic E-state index is 14.9. The standard InChI is InChI=1S/C27H27F4N3O3/c1-16(9-25(35)36)13-34-8-7-24-19(14-34)12-32-26(33-24)22-6-5-21(11-23(22)28)37-15-18-10-20(27(29,30)31)4-3-17(18)2/h3-6,10-12,16H,7-9,13-15H2,1-2H3,(H,35,36). The van der Waals surface area contributed by atoms with Gasteiger partial charge in [0.15, 0.2) is 5.82 Å². The van der Waals surface area contributed by atoms with Crippen LogP contribution in [0.5, 0.6) is 5.75 Å². The highest BCUT2D eigenvalue weighted by molar-refractivity contribution is 5.67. The van der Waals surface area contributed by atoms with E-state index in [1.807, 2.05) is 6.92 Å². The Balaban J connectivity index is 1.43. The summed E-state index contributed by atoms with van der Waals surface area (Å²) in [6, 6.07) is 7.64. The summed E-state index contributed by atoms with van der Waals surface area (Å²) in [5.74, 6) is -0.974. The Kier molecular flexibility index (Phi) is 7.77. The van der Waals surface area contributed by atoms with E-state index in [-0.39, 0.29) is 36.1 Å². The van der Waals surface area contributed by atoms with Gasteiger partial charge in [0, 0.05) is 50.3 Å². The molecule has 1 unspecified atom stereocenters. The molecule has 0 spiro atoms. The third-order valence-corrected chi connectivity index (χ3v) is 6.36. The number of aliphatic carboxylic acids is 1. The number of fused-ring (bicyclic) bond motifs is 1. The van der Waals surface area contributed by atoms with Crippen LogP contribution in [-0.4, -0.2) is 39.0 Å². The van der Waals surface area contributed by atoms with Gasteiger partial charge in [0.2, 0.25) is 0 Å². The van der Waals surface area contributed by atoms with Crippen LogP contribution in [0.1, 0.15) is 41.3 Å². The van der Waals surface area contributed by atoms with E-state index in [9.17, 15) is 22.4 Å². The molecule has 6 nitrogen and oxygen atoms in total. The first-order chi connectivity index (χ1) is 17.5. The second-order valence-electron chi connectivity index (χ2n) is 9.42. The van der Waals surface area contributed by atoms with E-state index in [4.69, 9.17) is 9.84 Å². The maximum atomic E-state index is 14.9. The summed E-state index contributed by atoms with van der Waals surface area (Å²) in [7, 11) is 0. The number of hydrogen-bond acceptors (Lipinski definition) is 5. The van der Waals surface area contributed by atoms with Crippen LogP contribution < -0.4 is 4.74 Å². The Morgan fingerprint density at radius 3 is 2.70 bits per heavy atom. The summed E-state index contributed by atoms with van der Waals surface area (Å²) in [5, 5.41) is 8.96. The number of halogens is 4. The molecular formula is C27H27F4N3O3. The minimum atomic E-state index is -4.46. The average molecular weight is 518 g/mol. The van der Waals surface area contributed by atoms with Gasteiger partial charge in [-0.2, -0.15) is 13.2 Å². The van der Waals surface area contributed by atoms with Crippen LogP contribution in [0.3, 0.4) is 0 Å². The van der Waals surface area contributed by atoms with E-state index < -0.39 is 23.5 Å². The van der Waals surface area contributed by atoms with E-state index in [1.54, 1.807) is 13.1 Å². The molecule has 37 heavy (non-hydrogen) atoms. The van der Waals surface area contributed by atoms with Crippen molar-refractivity contribution in [2.75, 3.05) is 13.1 Å². The van der Waals surface area contributed by atoms with Crippen LogP contribution in [0.4, 0.5) is 17.6 Å². The van der Waals surface area contributed by atoms with Crippen molar-refractivity contribution in [1.82, 2.24) is 14.9 Å². The predicted molar refractivity (Wildman–Crippen MR) is 128 cm³/mol. The minimum Gasteiger partial charge on any atom is -0.489 e. The molecule has 1 atom stereocenters. The molecule has 196 valence electrons. The number of rotatable bonds is 8. The molecule has 1 aliphatic heterocycles. The van der Waals surface area contributed by atoms with Gasteiger partial charge in [0.25, 0.3) is 0 Å². The Morgan fingerprint density at radius 1 is 1.22 bits per heavy atom. The highest BCUT2D eigenvalue weighted by Crippen LogP contribution is 2.31. The van der Waals surface area contributed by atoms with E-state index >= 15 is 0 Å². The summed E-state index contributed by atoms with van der Waals surface area (Å²) >= 11 is 0. The van der Waals surface area contributed by atoms with Crippen molar-refractivity contribution in [2.45, 2.75) is 46.0 Å². The number of carboxylic acid groups (broad SMARTS) is 1. The summed E-state index contributed by atoms with van der Waals surface area (Å²) in [6.07, 6.45) is -2.03. The topological polar surface area (TPSA) is 75.6 Å². The van der Waals surface area contributed by atoms with Crippen molar-refractivity contribution in [3.05, 3.63) is 76.4 Å². The molecular weight excluding hydrogens is 490 g/mol. The molecule has 10 heteroatoms. The van der Waals surface area contributed by atoms with Crippen LogP contribution in [-0.2, 0) is 30.5 Å². The van der Waals surface area contributed by atoms with Crippen LogP contribution in [0, 0.1) is 18.7 Å². The van der Waals surface area contributed by atoms with Crippen LogP contribution in [0.2, 0.25) is 0 Å². The lowest BCUT2D eigenvalue weighted by molar-refractivity contribution is -0.138. The third-order valence-electron chi connectivity index (χ3n) is 6.36. The second-order valence-corrected chi connectivity index (χ2v) is 9.42.